The Morgan fingerprint density at radius 1 is 1.16 bits per heavy atom. The first-order valence-electron chi connectivity index (χ1n) is 9.84. The van der Waals surface area contributed by atoms with Gasteiger partial charge in [-0.05, 0) is 42.3 Å². The molecule has 2 aromatic carbocycles. The minimum absolute atomic E-state index is 0.146. The molecular formula is C23H21ClN4O3. The Labute approximate surface area is 184 Å². The van der Waals surface area contributed by atoms with Crippen LogP contribution in [0.5, 0.6) is 0 Å². The first-order chi connectivity index (χ1) is 14.9. The SMILES string of the molecule is CCCCn1cc(C(=O)NCc2ccc(Cl)cc2)c(=O)n(-c2cccc(C#N)c2)c1=O. The second kappa shape index (κ2) is 9.92. The molecule has 0 atom stereocenters. The van der Waals surface area contributed by atoms with Crippen molar-refractivity contribution in [2.45, 2.75) is 32.9 Å². The molecule has 31 heavy (non-hydrogen) atoms. The molecule has 7 nitrogen and oxygen atoms in total. The third-order valence-corrected chi connectivity index (χ3v) is 5.00. The van der Waals surface area contributed by atoms with Crippen LogP contribution in [0.4, 0.5) is 0 Å². The Kier molecular flexibility index (Phi) is 7.06. The Bertz CT molecular complexity index is 1250. The number of nitriles is 1. The Morgan fingerprint density at radius 3 is 2.58 bits per heavy atom. The number of nitrogens with one attached hydrogen (secondary N) is 1. The van der Waals surface area contributed by atoms with Crippen molar-refractivity contribution < 1.29 is 4.79 Å². The van der Waals surface area contributed by atoms with Crippen LogP contribution in [0.3, 0.4) is 0 Å². The van der Waals surface area contributed by atoms with E-state index >= 15 is 0 Å². The molecule has 0 aliphatic heterocycles. The molecule has 3 aromatic rings. The lowest BCUT2D eigenvalue weighted by atomic mass is 10.2. The van der Waals surface area contributed by atoms with Crippen molar-refractivity contribution in [2.75, 3.05) is 0 Å². The summed E-state index contributed by atoms with van der Waals surface area (Å²) in [7, 11) is 0. The fraction of sp³-hybridized carbons (Fsp3) is 0.217. The monoisotopic (exact) mass is 436 g/mol. The van der Waals surface area contributed by atoms with Gasteiger partial charge in [0.15, 0.2) is 0 Å². The Balaban J connectivity index is 2.03. The molecule has 3 rings (SSSR count). The number of unbranched alkanes of at least 4 members (excludes halogenated alkanes) is 1. The van der Waals surface area contributed by atoms with E-state index in [2.05, 4.69) is 5.32 Å². The van der Waals surface area contributed by atoms with E-state index in [0.29, 0.717) is 23.6 Å². The van der Waals surface area contributed by atoms with Crippen molar-refractivity contribution in [1.82, 2.24) is 14.5 Å². The summed E-state index contributed by atoms with van der Waals surface area (Å²) in [6, 6.07) is 15.1. The number of halogens is 1. The first-order valence-corrected chi connectivity index (χ1v) is 10.2. The second-order valence-corrected chi connectivity index (χ2v) is 7.42. The van der Waals surface area contributed by atoms with E-state index < -0.39 is 17.2 Å². The number of amides is 1. The zero-order valence-electron chi connectivity index (χ0n) is 17.0. The van der Waals surface area contributed by atoms with E-state index in [0.717, 1.165) is 16.6 Å². The minimum atomic E-state index is -0.735. The number of aromatic nitrogens is 2. The number of hydrogen-bond donors (Lipinski definition) is 1. The average molecular weight is 437 g/mol. The fourth-order valence-electron chi connectivity index (χ4n) is 3.07. The van der Waals surface area contributed by atoms with E-state index in [1.165, 1.54) is 16.8 Å². The smallest absolute Gasteiger partial charge is 0.335 e. The van der Waals surface area contributed by atoms with Gasteiger partial charge in [0.1, 0.15) is 5.56 Å². The maximum absolute atomic E-state index is 13.1. The molecule has 158 valence electrons. The summed E-state index contributed by atoms with van der Waals surface area (Å²) < 4.78 is 2.30. The zero-order chi connectivity index (χ0) is 22.4. The summed E-state index contributed by atoms with van der Waals surface area (Å²) in [4.78, 5) is 38.9. The normalized spacial score (nSPS) is 10.5. The summed E-state index contributed by atoms with van der Waals surface area (Å²) in [5.74, 6) is -0.588. The molecule has 0 aliphatic rings. The lowest BCUT2D eigenvalue weighted by Gasteiger charge is -2.13. The number of aryl methyl sites for hydroxylation is 1. The summed E-state index contributed by atoms with van der Waals surface area (Å²) in [5.41, 5.74) is -0.0662. The van der Waals surface area contributed by atoms with Gasteiger partial charge < -0.3 is 5.32 Å². The lowest BCUT2D eigenvalue weighted by molar-refractivity contribution is 0.0948. The highest BCUT2D eigenvalue weighted by Crippen LogP contribution is 2.10. The number of carbonyl (C=O) groups is 1. The van der Waals surface area contributed by atoms with Gasteiger partial charge in [0, 0.05) is 24.3 Å². The van der Waals surface area contributed by atoms with Gasteiger partial charge in [-0.15, -0.1) is 0 Å². The highest BCUT2D eigenvalue weighted by Gasteiger charge is 2.18. The predicted molar refractivity (Wildman–Crippen MR) is 119 cm³/mol. The first kappa shape index (κ1) is 22.1. The van der Waals surface area contributed by atoms with Gasteiger partial charge >= 0.3 is 5.69 Å². The Morgan fingerprint density at radius 2 is 1.90 bits per heavy atom. The summed E-state index contributed by atoms with van der Waals surface area (Å²) in [5, 5.41) is 12.5. The minimum Gasteiger partial charge on any atom is -0.348 e. The molecule has 0 saturated heterocycles. The molecule has 0 fully saturated rings. The van der Waals surface area contributed by atoms with Crippen LogP contribution in [0, 0.1) is 11.3 Å². The van der Waals surface area contributed by atoms with Crippen LogP contribution < -0.4 is 16.6 Å². The van der Waals surface area contributed by atoms with Crippen LogP contribution in [-0.2, 0) is 13.1 Å². The maximum Gasteiger partial charge on any atom is 0.335 e. The standard InChI is InChI=1S/C23H21ClN4O3/c1-2-3-11-27-15-20(21(29)26-14-16-7-9-18(24)10-8-16)22(30)28(23(27)31)19-6-4-5-17(12-19)13-25/h4-10,12,15H,2-3,11,14H2,1H3,(H,26,29). The molecule has 1 heterocycles. The molecule has 0 unspecified atom stereocenters. The van der Waals surface area contributed by atoms with E-state index in [9.17, 15) is 14.4 Å². The number of benzene rings is 2. The molecule has 0 spiro atoms. The zero-order valence-corrected chi connectivity index (χ0v) is 17.7. The number of carbonyl (C=O) groups excluding carboxylic acids is 1. The molecule has 1 aromatic heterocycles. The lowest BCUT2D eigenvalue weighted by Crippen LogP contribution is -2.43. The van der Waals surface area contributed by atoms with Gasteiger partial charge in [0.25, 0.3) is 11.5 Å². The van der Waals surface area contributed by atoms with Crippen molar-refractivity contribution in [2.24, 2.45) is 0 Å². The summed E-state index contributed by atoms with van der Waals surface area (Å²) >= 11 is 5.88. The van der Waals surface area contributed by atoms with Crippen molar-refractivity contribution in [3.63, 3.8) is 0 Å². The molecule has 0 bridgehead atoms. The van der Waals surface area contributed by atoms with Gasteiger partial charge in [0.2, 0.25) is 0 Å². The quantitative estimate of drug-likeness (QED) is 0.614. The topological polar surface area (TPSA) is 96.9 Å². The van der Waals surface area contributed by atoms with Crippen molar-refractivity contribution in [3.8, 4) is 11.8 Å². The maximum atomic E-state index is 13.1. The van der Waals surface area contributed by atoms with E-state index in [4.69, 9.17) is 16.9 Å². The summed E-state index contributed by atoms with van der Waals surface area (Å²) in [6.07, 6.45) is 2.86. The van der Waals surface area contributed by atoms with Crippen LogP contribution in [0.1, 0.15) is 41.3 Å². The second-order valence-electron chi connectivity index (χ2n) is 6.98. The molecule has 1 N–H and O–H groups in total. The fourth-order valence-corrected chi connectivity index (χ4v) is 3.19. The van der Waals surface area contributed by atoms with Gasteiger partial charge in [-0.1, -0.05) is 43.1 Å². The predicted octanol–water partition coefficient (Wildman–Crippen LogP) is 3.25. The third kappa shape index (κ3) is 5.11. The van der Waals surface area contributed by atoms with Gasteiger partial charge in [-0.2, -0.15) is 5.26 Å². The highest BCUT2D eigenvalue weighted by molar-refractivity contribution is 6.30. The van der Waals surface area contributed by atoms with Gasteiger partial charge in [-0.25, -0.2) is 9.36 Å². The van der Waals surface area contributed by atoms with Crippen LogP contribution in [0.15, 0.2) is 64.3 Å². The molecule has 0 aliphatic carbocycles. The highest BCUT2D eigenvalue weighted by atomic mass is 35.5. The van der Waals surface area contributed by atoms with Gasteiger partial charge in [-0.3, -0.25) is 14.2 Å². The van der Waals surface area contributed by atoms with Crippen LogP contribution in [-0.4, -0.2) is 15.0 Å². The van der Waals surface area contributed by atoms with E-state index in [1.807, 2.05) is 13.0 Å². The van der Waals surface area contributed by atoms with E-state index in [1.54, 1.807) is 42.5 Å². The average Bonchev–Trinajstić information content (AvgIpc) is 2.78. The van der Waals surface area contributed by atoms with Crippen LogP contribution in [0.2, 0.25) is 5.02 Å². The van der Waals surface area contributed by atoms with E-state index in [-0.39, 0.29) is 17.8 Å². The van der Waals surface area contributed by atoms with Crippen molar-refractivity contribution in [3.05, 3.63) is 97.3 Å². The van der Waals surface area contributed by atoms with Gasteiger partial charge in [0.05, 0.1) is 17.3 Å². The van der Waals surface area contributed by atoms with Crippen molar-refractivity contribution >= 4 is 17.5 Å². The van der Waals surface area contributed by atoms with Crippen molar-refractivity contribution in [1.29, 1.82) is 5.26 Å². The largest absolute Gasteiger partial charge is 0.348 e. The molecule has 1 amide bonds. The Hall–Kier alpha value is -3.63. The number of hydrogen-bond acceptors (Lipinski definition) is 4. The van der Waals surface area contributed by atoms with Crippen LogP contribution >= 0.6 is 11.6 Å². The summed E-state index contributed by atoms with van der Waals surface area (Å²) in [6.45, 7) is 2.55. The number of rotatable bonds is 7. The number of nitrogens with zero attached hydrogens (tertiary/aromatic N) is 3. The molecule has 8 heteroatoms. The third-order valence-electron chi connectivity index (χ3n) is 4.75. The molecule has 0 radical (unpaired) electrons. The molecule has 0 saturated carbocycles. The van der Waals surface area contributed by atoms with Crippen LogP contribution in [0.25, 0.3) is 5.69 Å². The molecular weight excluding hydrogens is 416 g/mol.